The maximum atomic E-state index is 11.0. The zero-order chi connectivity index (χ0) is 11.7. The lowest BCUT2D eigenvalue weighted by Gasteiger charge is -2.17. The highest BCUT2D eigenvalue weighted by Crippen LogP contribution is 1.94. The van der Waals surface area contributed by atoms with Crippen molar-refractivity contribution >= 4 is 5.91 Å². The molecule has 0 aromatic heterocycles. The predicted molar refractivity (Wildman–Crippen MR) is 61.7 cm³/mol. The van der Waals surface area contributed by atoms with Crippen LogP contribution in [0.15, 0.2) is 0 Å². The van der Waals surface area contributed by atoms with Crippen LogP contribution in [0.25, 0.3) is 0 Å². The van der Waals surface area contributed by atoms with Gasteiger partial charge in [-0.15, -0.1) is 0 Å². The number of unbranched alkanes of at least 4 members (excludes halogenated alkanes) is 1. The van der Waals surface area contributed by atoms with Gasteiger partial charge in [-0.2, -0.15) is 0 Å². The van der Waals surface area contributed by atoms with Gasteiger partial charge in [-0.3, -0.25) is 4.79 Å². The molecule has 4 nitrogen and oxygen atoms in total. The lowest BCUT2D eigenvalue weighted by atomic mass is 10.2. The molecule has 0 saturated carbocycles. The van der Waals surface area contributed by atoms with E-state index in [4.69, 9.17) is 5.11 Å². The summed E-state index contributed by atoms with van der Waals surface area (Å²) in [6, 6.07) is 0. The second kappa shape index (κ2) is 8.68. The topological polar surface area (TPSA) is 52.6 Å². The molecule has 1 amide bonds. The van der Waals surface area contributed by atoms with Crippen molar-refractivity contribution in [3.63, 3.8) is 0 Å². The molecule has 0 rings (SSSR count). The Labute approximate surface area is 92.7 Å². The van der Waals surface area contributed by atoms with Crippen LogP contribution in [0.1, 0.15) is 33.6 Å². The Morgan fingerprint density at radius 2 is 1.93 bits per heavy atom. The lowest BCUT2D eigenvalue weighted by molar-refractivity contribution is -0.128. The van der Waals surface area contributed by atoms with Crippen LogP contribution in [0.2, 0.25) is 0 Å². The number of amides is 1. The van der Waals surface area contributed by atoms with Crippen molar-refractivity contribution in [3.05, 3.63) is 0 Å². The summed E-state index contributed by atoms with van der Waals surface area (Å²) in [7, 11) is 0. The minimum absolute atomic E-state index is 0.280. The van der Waals surface area contributed by atoms with E-state index in [1.54, 1.807) is 0 Å². The monoisotopic (exact) mass is 216 g/mol. The van der Waals surface area contributed by atoms with Gasteiger partial charge in [0.2, 0.25) is 5.91 Å². The van der Waals surface area contributed by atoms with Crippen LogP contribution in [0, 0.1) is 0 Å². The molecule has 0 aliphatic heterocycles. The van der Waals surface area contributed by atoms with Crippen molar-refractivity contribution < 1.29 is 9.90 Å². The number of carbonyl (C=O) groups excluding carboxylic acids is 1. The number of rotatable bonds is 8. The maximum Gasteiger partial charge on any atom is 0.248 e. The summed E-state index contributed by atoms with van der Waals surface area (Å²) in [5.41, 5.74) is 0. The second-order valence-corrected chi connectivity index (χ2v) is 3.70. The van der Waals surface area contributed by atoms with Crippen LogP contribution >= 0.6 is 0 Å². The first-order valence-corrected chi connectivity index (χ1v) is 5.79. The molecule has 0 heterocycles. The minimum atomic E-state index is -0.896. The van der Waals surface area contributed by atoms with Crippen LogP contribution in [0.5, 0.6) is 0 Å². The molecule has 0 aromatic carbocycles. The Morgan fingerprint density at radius 3 is 2.40 bits per heavy atom. The van der Waals surface area contributed by atoms with Crippen LogP contribution in [-0.4, -0.2) is 48.2 Å². The SMILES string of the molecule is CCN(CC)CCCCNC(=O)C(C)O. The predicted octanol–water partition coefficient (Wildman–Crippen LogP) is 0.605. The second-order valence-electron chi connectivity index (χ2n) is 3.70. The number of nitrogens with one attached hydrogen (secondary N) is 1. The summed E-state index contributed by atoms with van der Waals surface area (Å²) in [6.45, 7) is 9.68. The molecule has 0 bridgehead atoms. The third kappa shape index (κ3) is 7.33. The molecule has 2 N–H and O–H groups in total. The largest absolute Gasteiger partial charge is 0.384 e. The van der Waals surface area contributed by atoms with Gasteiger partial charge in [0.15, 0.2) is 0 Å². The zero-order valence-electron chi connectivity index (χ0n) is 10.1. The van der Waals surface area contributed by atoms with Crippen molar-refractivity contribution in [1.29, 1.82) is 0 Å². The number of hydrogen-bond acceptors (Lipinski definition) is 3. The van der Waals surface area contributed by atoms with E-state index in [0.717, 1.165) is 32.5 Å². The summed E-state index contributed by atoms with van der Waals surface area (Å²) < 4.78 is 0. The lowest BCUT2D eigenvalue weighted by Crippen LogP contribution is -2.33. The molecule has 1 atom stereocenters. The summed E-state index contributed by atoms with van der Waals surface area (Å²) in [5.74, 6) is -0.280. The fourth-order valence-corrected chi connectivity index (χ4v) is 1.36. The van der Waals surface area contributed by atoms with Gasteiger partial charge >= 0.3 is 0 Å². The summed E-state index contributed by atoms with van der Waals surface area (Å²) in [6.07, 6.45) is 1.16. The molecule has 0 aliphatic rings. The van der Waals surface area contributed by atoms with Crippen molar-refractivity contribution in [2.24, 2.45) is 0 Å². The molecule has 15 heavy (non-hydrogen) atoms. The summed E-state index contributed by atoms with van der Waals surface area (Å²) >= 11 is 0. The van der Waals surface area contributed by atoms with Gasteiger partial charge in [0.1, 0.15) is 6.10 Å². The van der Waals surface area contributed by atoms with Crippen LogP contribution in [0.4, 0.5) is 0 Å². The first kappa shape index (κ1) is 14.4. The van der Waals surface area contributed by atoms with E-state index in [9.17, 15) is 4.79 Å². The van der Waals surface area contributed by atoms with Gasteiger partial charge in [-0.1, -0.05) is 13.8 Å². The van der Waals surface area contributed by atoms with E-state index >= 15 is 0 Å². The standard InChI is InChI=1S/C11H24N2O2/c1-4-13(5-2)9-7-6-8-12-11(15)10(3)14/h10,14H,4-9H2,1-3H3,(H,12,15). The van der Waals surface area contributed by atoms with Crippen molar-refractivity contribution in [3.8, 4) is 0 Å². The highest BCUT2D eigenvalue weighted by Gasteiger charge is 2.06. The van der Waals surface area contributed by atoms with Crippen molar-refractivity contribution in [2.45, 2.75) is 39.7 Å². The average molecular weight is 216 g/mol. The van der Waals surface area contributed by atoms with Gasteiger partial charge in [0, 0.05) is 6.54 Å². The van der Waals surface area contributed by atoms with Gasteiger partial charge in [0.25, 0.3) is 0 Å². The number of carbonyl (C=O) groups is 1. The molecule has 4 heteroatoms. The van der Waals surface area contributed by atoms with Gasteiger partial charge < -0.3 is 15.3 Å². The molecule has 0 spiro atoms. The molecular formula is C11H24N2O2. The fraction of sp³-hybridized carbons (Fsp3) is 0.909. The summed E-state index contributed by atoms with van der Waals surface area (Å²) in [4.78, 5) is 13.3. The smallest absolute Gasteiger partial charge is 0.248 e. The van der Waals surface area contributed by atoms with E-state index < -0.39 is 6.10 Å². The first-order valence-electron chi connectivity index (χ1n) is 5.79. The molecular weight excluding hydrogens is 192 g/mol. The maximum absolute atomic E-state index is 11.0. The molecule has 0 radical (unpaired) electrons. The van der Waals surface area contributed by atoms with E-state index in [1.165, 1.54) is 6.92 Å². The van der Waals surface area contributed by atoms with Crippen LogP contribution < -0.4 is 5.32 Å². The van der Waals surface area contributed by atoms with Crippen molar-refractivity contribution in [1.82, 2.24) is 10.2 Å². The van der Waals surface area contributed by atoms with Gasteiger partial charge in [-0.25, -0.2) is 0 Å². The van der Waals surface area contributed by atoms with Crippen LogP contribution in [0.3, 0.4) is 0 Å². The summed E-state index contributed by atoms with van der Waals surface area (Å²) in [5, 5.41) is 11.6. The van der Waals surface area contributed by atoms with E-state index in [2.05, 4.69) is 24.1 Å². The zero-order valence-corrected chi connectivity index (χ0v) is 10.1. The highest BCUT2D eigenvalue weighted by atomic mass is 16.3. The Kier molecular flexibility index (Phi) is 8.33. The number of hydrogen-bond donors (Lipinski definition) is 2. The first-order chi connectivity index (χ1) is 7.11. The number of nitrogens with zero attached hydrogens (tertiary/aromatic N) is 1. The van der Waals surface area contributed by atoms with Crippen LogP contribution in [-0.2, 0) is 4.79 Å². The molecule has 0 aliphatic carbocycles. The normalized spacial score (nSPS) is 12.9. The Morgan fingerprint density at radius 1 is 1.33 bits per heavy atom. The van der Waals surface area contributed by atoms with Gasteiger partial charge in [0.05, 0.1) is 0 Å². The minimum Gasteiger partial charge on any atom is -0.384 e. The number of aliphatic hydroxyl groups excluding tert-OH is 1. The third-order valence-electron chi connectivity index (χ3n) is 2.47. The van der Waals surface area contributed by atoms with Crippen molar-refractivity contribution in [2.75, 3.05) is 26.2 Å². The van der Waals surface area contributed by atoms with E-state index in [-0.39, 0.29) is 5.91 Å². The molecule has 0 saturated heterocycles. The molecule has 0 aromatic rings. The Balaban J connectivity index is 3.35. The van der Waals surface area contributed by atoms with Gasteiger partial charge in [-0.05, 0) is 39.4 Å². The quantitative estimate of drug-likeness (QED) is 0.584. The molecule has 1 unspecified atom stereocenters. The molecule has 0 fully saturated rings. The third-order valence-corrected chi connectivity index (χ3v) is 2.47. The van der Waals surface area contributed by atoms with E-state index in [0.29, 0.717) is 6.54 Å². The number of aliphatic hydroxyl groups is 1. The fourth-order valence-electron chi connectivity index (χ4n) is 1.36. The van der Waals surface area contributed by atoms with E-state index in [1.807, 2.05) is 0 Å². The highest BCUT2D eigenvalue weighted by molar-refractivity contribution is 5.79. The Hall–Kier alpha value is -0.610. The molecule has 90 valence electrons. The Bertz CT molecular complexity index is 168. The average Bonchev–Trinajstić information content (AvgIpc) is 2.23.